The van der Waals surface area contributed by atoms with E-state index in [2.05, 4.69) is 29.9 Å². The average Bonchev–Trinajstić information content (AvgIpc) is 3.19. The quantitative estimate of drug-likeness (QED) is 0.881. The topological polar surface area (TPSA) is 71.9 Å². The van der Waals surface area contributed by atoms with Gasteiger partial charge in [0.2, 0.25) is 5.88 Å². The first kappa shape index (κ1) is 16.1. The first-order valence-electron chi connectivity index (χ1n) is 8.55. The van der Waals surface area contributed by atoms with Gasteiger partial charge in [-0.15, -0.1) is 0 Å². The molecule has 6 rings (SSSR count). The van der Waals surface area contributed by atoms with Crippen molar-refractivity contribution in [3.05, 3.63) is 12.1 Å². The van der Waals surface area contributed by atoms with Crippen LogP contribution < -0.4 is 10.1 Å². The fourth-order valence-corrected chi connectivity index (χ4v) is 4.87. The molecular weight excluding hydrogens is 364 g/mol. The molecule has 7 nitrogen and oxygen atoms in total. The lowest BCUT2D eigenvalue weighted by Gasteiger charge is -2.50. The Hall–Kier alpha value is -2.07. The Bertz CT molecular complexity index is 867. The molecule has 0 saturated carbocycles. The fourth-order valence-electron chi connectivity index (χ4n) is 4.05. The second-order valence-corrected chi connectivity index (χ2v) is 7.81. The summed E-state index contributed by atoms with van der Waals surface area (Å²) in [7, 11) is 0. The lowest BCUT2D eigenvalue weighted by atomic mass is 9.75. The molecule has 1 atom stereocenters. The van der Waals surface area contributed by atoms with E-state index in [9.17, 15) is 8.78 Å². The largest absolute Gasteiger partial charge is 0.455 e. The van der Waals surface area contributed by atoms with Gasteiger partial charge in [-0.3, -0.25) is 10.2 Å². The van der Waals surface area contributed by atoms with Crippen molar-refractivity contribution < 1.29 is 18.3 Å². The van der Waals surface area contributed by atoms with E-state index in [4.69, 9.17) is 4.74 Å². The summed E-state index contributed by atoms with van der Waals surface area (Å²) >= 11 is 1.25. The zero-order valence-corrected chi connectivity index (χ0v) is 14.6. The number of thiazole rings is 1. The van der Waals surface area contributed by atoms with E-state index in [-0.39, 0.29) is 11.5 Å². The monoisotopic (exact) mass is 381 g/mol. The van der Waals surface area contributed by atoms with E-state index >= 15 is 0 Å². The molecule has 6 heterocycles. The van der Waals surface area contributed by atoms with E-state index < -0.39 is 6.61 Å². The number of hydrogen-bond acceptors (Lipinski definition) is 8. The van der Waals surface area contributed by atoms with E-state index in [0.29, 0.717) is 34.0 Å². The zero-order valence-electron chi connectivity index (χ0n) is 13.8. The number of nitrogens with zero attached hydrogens (tertiary/aromatic N) is 4. The molecule has 4 aliphatic heterocycles. The highest BCUT2D eigenvalue weighted by molar-refractivity contribution is 7.21. The fraction of sp³-hybridized carbons (Fsp3) is 0.562. The van der Waals surface area contributed by atoms with E-state index in [1.165, 1.54) is 17.4 Å². The predicted molar refractivity (Wildman–Crippen MR) is 93.0 cm³/mol. The first-order valence-corrected chi connectivity index (χ1v) is 9.37. The van der Waals surface area contributed by atoms with Crippen molar-refractivity contribution in [3.8, 4) is 5.88 Å². The number of aromatic nitrogens is 2. The predicted octanol–water partition coefficient (Wildman–Crippen LogP) is 2.56. The van der Waals surface area contributed by atoms with E-state index in [1.807, 2.05) is 0 Å². The first-order chi connectivity index (χ1) is 12.6. The number of pyridine rings is 1. The third-order valence-corrected chi connectivity index (χ3v) is 6.15. The molecule has 1 N–H and O–H groups in total. The minimum Gasteiger partial charge on any atom is -0.455 e. The Labute approximate surface area is 152 Å². The van der Waals surface area contributed by atoms with Crippen molar-refractivity contribution >= 4 is 32.8 Å². The lowest BCUT2D eigenvalue weighted by molar-refractivity contribution is -0.0829. The summed E-state index contributed by atoms with van der Waals surface area (Å²) in [6.07, 6.45) is 2.31. The van der Waals surface area contributed by atoms with Crippen LogP contribution in [0.3, 0.4) is 0 Å². The van der Waals surface area contributed by atoms with Gasteiger partial charge in [0.05, 0.1) is 6.54 Å². The van der Waals surface area contributed by atoms with Gasteiger partial charge in [0, 0.05) is 18.5 Å². The van der Waals surface area contributed by atoms with Crippen molar-refractivity contribution in [1.82, 2.24) is 14.9 Å². The van der Waals surface area contributed by atoms with Crippen molar-refractivity contribution in [2.24, 2.45) is 10.9 Å². The molecule has 0 amide bonds. The van der Waals surface area contributed by atoms with Crippen molar-refractivity contribution in [2.45, 2.75) is 25.1 Å². The molecule has 10 heteroatoms. The third kappa shape index (κ3) is 2.77. The molecule has 1 unspecified atom stereocenters. The number of rotatable bonds is 3. The molecule has 2 aromatic heterocycles. The number of anilines is 1. The number of nitrogens with one attached hydrogen (secondary N) is 1. The second-order valence-electron chi connectivity index (χ2n) is 6.83. The number of hydrogen-bond donors (Lipinski definition) is 1. The van der Waals surface area contributed by atoms with E-state index in [0.717, 1.165) is 32.5 Å². The summed E-state index contributed by atoms with van der Waals surface area (Å²) < 4.78 is 35.2. The van der Waals surface area contributed by atoms with Crippen molar-refractivity contribution in [2.75, 3.05) is 31.5 Å². The SMILES string of the molecule is FC(F)Oc1ccc2nc(NC3=NCC4(CN5CCC4CC5)O3)sc2n1. The lowest BCUT2D eigenvalue weighted by Crippen LogP contribution is -2.61. The van der Waals surface area contributed by atoms with Crippen LogP contribution in [0.2, 0.25) is 0 Å². The minimum atomic E-state index is -2.90. The Kier molecular flexibility index (Phi) is 3.71. The minimum absolute atomic E-state index is 0.122. The van der Waals surface area contributed by atoms with E-state index in [1.54, 1.807) is 6.07 Å². The molecule has 4 aliphatic rings. The van der Waals surface area contributed by atoms with Gasteiger partial charge in [0.25, 0.3) is 6.02 Å². The van der Waals surface area contributed by atoms with Gasteiger partial charge in [0.1, 0.15) is 15.9 Å². The van der Waals surface area contributed by atoms with Gasteiger partial charge < -0.3 is 9.47 Å². The van der Waals surface area contributed by atoms with Crippen LogP contribution in [0.4, 0.5) is 13.9 Å². The Balaban J connectivity index is 1.31. The average molecular weight is 381 g/mol. The number of aliphatic imine (C=N–C) groups is 1. The van der Waals surface area contributed by atoms with Crippen LogP contribution in [-0.2, 0) is 4.74 Å². The number of ether oxygens (including phenoxy) is 2. The maximum atomic E-state index is 12.3. The van der Waals surface area contributed by atoms with Gasteiger partial charge in [-0.1, -0.05) is 11.3 Å². The molecule has 3 fully saturated rings. The normalized spacial score (nSPS) is 30.0. The molecular formula is C16H17F2N5O2S. The van der Waals surface area contributed by atoms with Crippen LogP contribution in [0.1, 0.15) is 12.8 Å². The highest BCUT2D eigenvalue weighted by Crippen LogP contribution is 2.41. The summed E-state index contributed by atoms with van der Waals surface area (Å²) in [5, 5.41) is 3.68. The zero-order chi connectivity index (χ0) is 17.7. The van der Waals surface area contributed by atoms with Gasteiger partial charge >= 0.3 is 6.61 Å². The molecule has 2 aromatic rings. The molecule has 138 valence electrons. The van der Waals surface area contributed by atoms with Crippen LogP contribution in [0.25, 0.3) is 10.3 Å². The van der Waals surface area contributed by atoms with Gasteiger partial charge in [-0.05, 0) is 32.0 Å². The van der Waals surface area contributed by atoms with Crippen LogP contribution in [0.5, 0.6) is 5.88 Å². The van der Waals surface area contributed by atoms with Crippen LogP contribution in [0.15, 0.2) is 17.1 Å². The summed E-state index contributed by atoms with van der Waals surface area (Å²) in [5.41, 5.74) is 0.390. The molecule has 26 heavy (non-hydrogen) atoms. The summed E-state index contributed by atoms with van der Waals surface area (Å²) in [4.78, 5) is 15.9. The molecule has 0 aliphatic carbocycles. The summed E-state index contributed by atoms with van der Waals surface area (Å²) in [5.74, 6) is 0.421. The Morgan fingerprint density at radius 1 is 1.31 bits per heavy atom. The van der Waals surface area contributed by atoms with Crippen molar-refractivity contribution in [3.63, 3.8) is 0 Å². The highest BCUT2D eigenvalue weighted by Gasteiger charge is 2.51. The number of piperidine rings is 3. The number of alkyl halides is 2. The van der Waals surface area contributed by atoms with Gasteiger partial charge in [-0.25, -0.2) is 15.0 Å². The summed E-state index contributed by atoms with van der Waals surface area (Å²) in [6.45, 7) is 0.967. The Morgan fingerprint density at radius 3 is 2.88 bits per heavy atom. The molecule has 0 radical (unpaired) electrons. The van der Waals surface area contributed by atoms with Gasteiger partial charge in [0.15, 0.2) is 5.13 Å². The molecule has 0 aromatic carbocycles. The van der Waals surface area contributed by atoms with Crippen LogP contribution in [0, 0.1) is 5.92 Å². The number of fused-ring (bicyclic) bond motifs is 3. The maximum Gasteiger partial charge on any atom is 0.388 e. The van der Waals surface area contributed by atoms with Crippen LogP contribution >= 0.6 is 11.3 Å². The molecule has 3 saturated heterocycles. The van der Waals surface area contributed by atoms with Crippen molar-refractivity contribution in [1.29, 1.82) is 0 Å². The highest BCUT2D eigenvalue weighted by atomic mass is 32.1. The molecule has 2 bridgehead atoms. The van der Waals surface area contributed by atoms with Crippen LogP contribution in [-0.4, -0.2) is 59.3 Å². The van der Waals surface area contributed by atoms with Gasteiger partial charge in [-0.2, -0.15) is 8.78 Å². The second kappa shape index (κ2) is 5.98. The number of halogens is 2. The Morgan fingerprint density at radius 2 is 2.15 bits per heavy atom. The maximum absolute atomic E-state index is 12.3. The standard InChI is InChI=1S/C16H17F2N5O2S/c17-13(18)24-11-2-1-10-12(21-11)26-15(20-10)22-14-19-7-16(25-14)8-23-5-3-9(16)4-6-23/h1-2,9,13H,3-8H2,(H,19,20,22). The molecule has 1 spiro atoms. The third-order valence-electron chi connectivity index (χ3n) is 5.27. The summed E-state index contributed by atoms with van der Waals surface area (Å²) in [6, 6.07) is 3.46. The smallest absolute Gasteiger partial charge is 0.388 e. The number of amidine groups is 1.